The smallest absolute Gasteiger partial charge is 0.235 e. The summed E-state index contributed by atoms with van der Waals surface area (Å²) in [6.07, 6.45) is 4.98. The second-order valence-electron chi connectivity index (χ2n) is 4.08. The van der Waals surface area contributed by atoms with Crippen LogP contribution in [0, 0.1) is 0 Å². The van der Waals surface area contributed by atoms with Gasteiger partial charge in [0.2, 0.25) is 4.96 Å². The lowest BCUT2D eigenvalue weighted by Crippen LogP contribution is -1.91. The van der Waals surface area contributed by atoms with E-state index in [9.17, 15) is 0 Å². The van der Waals surface area contributed by atoms with Crippen LogP contribution in [0.15, 0.2) is 48.9 Å². The second kappa shape index (κ2) is 4.46. The Bertz CT molecular complexity index is 852. The molecule has 1 aromatic carbocycles. The molecule has 0 atom stereocenters. The van der Waals surface area contributed by atoms with Gasteiger partial charge in [0.1, 0.15) is 5.69 Å². The molecular formula is C13H8N6S. The minimum Gasteiger partial charge on any atom is -0.261 e. The summed E-state index contributed by atoms with van der Waals surface area (Å²) in [5, 5.41) is 13.7. The molecule has 0 bridgehead atoms. The molecule has 0 saturated carbocycles. The first-order valence-corrected chi connectivity index (χ1v) is 6.77. The van der Waals surface area contributed by atoms with E-state index in [1.807, 2.05) is 30.3 Å². The van der Waals surface area contributed by atoms with Crippen molar-refractivity contribution in [2.24, 2.45) is 0 Å². The maximum Gasteiger partial charge on any atom is 0.235 e. The van der Waals surface area contributed by atoms with E-state index in [-0.39, 0.29) is 0 Å². The monoisotopic (exact) mass is 280 g/mol. The van der Waals surface area contributed by atoms with E-state index < -0.39 is 0 Å². The van der Waals surface area contributed by atoms with Gasteiger partial charge in [-0.25, -0.2) is 0 Å². The molecule has 0 aliphatic carbocycles. The molecule has 0 amide bonds. The van der Waals surface area contributed by atoms with Crippen molar-refractivity contribution in [3.8, 4) is 22.1 Å². The minimum absolute atomic E-state index is 0.729. The van der Waals surface area contributed by atoms with Gasteiger partial charge in [-0.2, -0.15) is 9.61 Å². The molecule has 96 valence electrons. The molecule has 0 aliphatic rings. The van der Waals surface area contributed by atoms with Crippen molar-refractivity contribution < 1.29 is 0 Å². The van der Waals surface area contributed by atoms with E-state index in [0.717, 1.165) is 27.1 Å². The molecule has 0 saturated heterocycles. The third-order valence-corrected chi connectivity index (χ3v) is 3.73. The summed E-state index contributed by atoms with van der Waals surface area (Å²) in [7, 11) is 0. The molecule has 4 rings (SSSR count). The van der Waals surface area contributed by atoms with Crippen LogP contribution in [0.2, 0.25) is 0 Å². The highest BCUT2D eigenvalue weighted by atomic mass is 32.1. The summed E-state index contributed by atoms with van der Waals surface area (Å²) in [5.74, 6) is 0.729. The zero-order valence-corrected chi connectivity index (χ0v) is 11.0. The van der Waals surface area contributed by atoms with Gasteiger partial charge in [0.15, 0.2) is 10.8 Å². The third-order valence-electron chi connectivity index (χ3n) is 2.81. The summed E-state index contributed by atoms with van der Waals surface area (Å²) in [5.41, 5.74) is 1.72. The Morgan fingerprint density at radius 3 is 2.70 bits per heavy atom. The van der Waals surface area contributed by atoms with Crippen LogP contribution in [-0.2, 0) is 0 Å². The Morgan fingerprint density at radius 1 is 1.00 bits per heavy atom. The predicted molar refractivity (Wildman–Crippen MR) is 75.1 cm³/mol. The fourth-order valence-corrected chi connectivity index (χ4v) is 2.70. The topological polar surface area (TPSA) is 68.9 Å². The lowest BCUT2D eigenvalue weighted by molar-refractivity contribution is 0.965. The van der Waals surface area contributed by atoms with Crippen molar-refractivity contribution in [2.45, 2.75) is 0 Å². The Labute approximate surface area is 117 Å². The number of hydrogen-bond donors (Lipinski definition) is 0. The number of nitrogens with zero attached hydrogens (tertiary/aromatic N) is 6. The van der Waals surface area contributed by atoms with Crippen LogP contribution < -0.4 is 0 Å². The molecule has 0 N–H and O–H groups in total. The average molecular weight is 280 g/mol. The van der Waals surface area contributed by atoms with E-state index in [4.69, 9.17) is 0 Å². The van der Waals surface area contributed by atoms with Gasteiger partial charge in [-0.3, -0.25) is 9.97 Å². The Kier molecular flexibility index (Phi) is 2.49. The van der Waals surface area contributed by atoms with Crippen LogP contribution in [0.5, 0.6) is 0 Å². The maximum absolute atomic E-state index is 4.53. The molecule has 3 heterocycles. The fraction of sp³-hybridized carbons (Fsp3) is 0. The highest BCUT2D eigenvalue weighted by Crippen LogP contribution is 2.26. The van der Waals surface area contributed by atoms with Crippen molar-refractivity contribution >= 4 is 16.3 Å². The highest BCUT2D eigenvalue weighted by molar-refractivity contribution is 7.19. The van der Waals surface area contributed by atoms with Gasteiger partial charge in [-0.15, -0.1) is 10.2 Å². The van der Waals surface area contributed by atoms with Crippen LogP contribution in [0.4, 0.5) is 0 Å². The number of rotatable bonds is 2. The van der Waals surface area contributed by atoms with Crippen LogP contribution in [0.1, 0.15) is 0 Å². The van der Waals surface area contributed by atoms with Crippen molar-refractivity contribution in [1.29, 1.82) is 0 Å². The van der Waals surface area contributed by atoms with Crippen molar-refractivity contribution in [3.63, 3.8) is 0 Å². The van der Waals surface area contributed by atoms with Crippen LogP contribution in [0.3, 0.4) is 0 Å². The highest BCUT2D eigenvalue weighted by Gasteiger charge is 2.14. The largest absolute Gasteiger partial charge is 0.261 e. The summed E-state index contributed by atoms with van der Waals surface area (Å²) >= 11 is 1.44. The molecule has 0 unspecified atom stereocenters. The summed E-state index contributed by atoms with van der Waals surface area (Å²) in [6, 6.07) is 9.86. The van der Waals surface area contributed by atoms with E-state index in [1.54, 1.807) is 23.1 Å². The molecule has 0 fully saturated rings. The van der Waals surface area contributed by atoms with Gasteiger partial charge >= 0.3 is 0 Å². The Morgan fingerprint density at radius 2 is 1.90 bits per heavy atom. The molecule has 0 aliphatic heterocycles. The zero-order chi connectivity index (χ0) is 13.4. The predicted octanol–water partition coefficient (Wildman–Crippen LogP) is 2.31. The van der Waals surface area contributed by atoms with Crippen LogP contribution in [0.25, 0.3) is 27.1 Å². The fourth-order valence-electron chi connectivity index (χ4n) is 1.90. The lowest BCUT2D eigenvalue weighted by atomic mass is 10.2. The van der Waals surface area contributed by atoms with E-state index in [2.05, 4.69) is 25.3 Å². The quantitative estimate of drug-likeness (QED) is 0.563. The number of hydrogen-bond acceptors (Lipinski definition) is 6. The molecular weight excluding hydrogens is 272 g/mol. The molecule has 0 radical (unpaired) electrons. The number of fused-ring (bicyclic) bond motifs is 1. The Balaban J connectivity index is 1.88. The number of aromatic nitrogens is 6. The van der Waals surface area contributed by atoms with Gasteiger partial charge in [0.25, 0.3) is 0 Å². The van der Waals surface area contributed by atoms with Crippen LogP contribution in [-0.4, -0.2) is 29.8 Å². The summed E-state index contributed by atoms with van der Waals surface area (Å²) in [6.45, 7) is 0. The first kappa shape index (κ1) is 11.2. The van der Waals surface area contributed by atoms with Gasteiger partial charge in [0, 0.05) is 18.0 Å². The molecule has 7 heteroatoms. The third kappa shape index (κ3) is 1.76. The van der Waals surface area contributed by atoms with Gasteiger partial charge in [-0.1, -0.05) is 41.7 Å². The maximum atomic E-state index is 4.53. The summed E-state index contributed by atoms with van der Waals surface area (Å²) < 4.78 is 1.74. The normalized spacial score (nSPS) is 11.0. The minimum atomic E-state index is 0.729. The van der Waals surface area contributed by atoms with Crippen molar-refractivity contribution in [2.75, 3.05) is 0 Å². The molecule has 6 nitrogen and oxygen atoms in total. The zero-order valence-electron chi connectivity index (χ0n) is 10.2. The van der Waals surface area contributed by atoms with Gasteiger partial charge in [-0.05, 0) is 0 Å². The standard InChI is InChI=1S/C13H8N6S/c1-2-4-9(5-3-1)11-16-17-13-19(11)18-12(20-13)10-8-14-6-7-15-10/h1-8H. The van der Waals surface area contributed by atoms with E-state index in [1.165, 1.54) is 11.3 Å². The van der Waals surface area contributed by atoms with Crippen molar-refractivity contribution in [1.82, 2.24) is 29.8 Å². The molecule has 0 spiro atoms. The van der Waals surface area contributed by atoms with E-state index in [0.29, 0.717) is 0 Å². The van der Waals surface area contributed by atoms with E-state index >= 15 is 0 Å². The second-order valence-corrected chi connectivity index (χ2v) is 5.04. The molecule has 20 heavy (non-hydrogen) atoms. The van der Waals surface area contributed by atoms with Gasteiger partial charge < -0.3 is 0 Å². The number of benzene rings is 1. The van der Waals surface area contributed by atoms with Gasteiger partial charge in [0.05, 0.1) is 6.20 Å². The SMILES string of the molecule is c1ccc(-c2nnc3sc(-c4cnccn4)nn23)cc1. The average Bonchev–Trinajstić information content (AvgIpc) is 3.09. The summed E-state index contributed by atoms with van der Waals surface area (Å²) in [4.78, 5) is 9.05. The van der Waals surface area contributed by atoms with Crippen molar-refractivity contribution in [3.05, 3.63) is 48.9 Å². The first-order valence-electron chi connectivity index (χ1n) is 5.96. The first-order chi connectivity index (χ1) is 9.92. The molecule has 3 aromatic heterocycles. The Hall–Kier alpha value is -2.67. The lowest BCUT2D eigenvalue weighted by Gasteiger charge is -1.95. The molecule has 4 aromatic rings. The van der Waals surface area contributed by atoms with Crippen LogP contribution >= 0.6 is 11.3 Å².